The van der Waals surface area contributed by atoms with Crippen molar-refractivity contribution in [1.29, 1.82) is 5.26 Å². The fraction of sp³-hybridized carbons (Fsp3) is 0.0870. The zero-order chi connectivity index (χ0) is 17.5. The smallest absolute Gasteiger partial charge is 0.119 e. The molecule has 0 spiro atoms. The van der Waals surface area contributed by atoms with Crippen LogP contribution in [0.3, 0.4) is 0 Å². The minimum Gasteiger partial charge on any atom is -0.489 e. The number of allylic oxidation sites excluding steroid dienone is 1. The molecule has 25 heavy (non-hydrogen) atoms. The number of rotatable bonds is 5. The van der Waals surface area contributed by atoms with Crippen molar-refractivity contribution in [2.45, 2.75) is 13.5 Å². The van der Waals surface area contributed by atoms with Crippen molar-refractivity contribution in [3.8, 4) is 11.8 Å². The number of aryl methyl sites for hydroxylation is 1. The molecule has 122 valence electrons. The number of hydrogen-bond acceptors (Lipinski definition) is 2. The van der Waals surface area contributed by atoms with Gasteiger partial charge in [-0.25, -0.2) is 0 Å². The van der Waals surface area contributed by atoms with E-state index < -0.39 is 0 Å². The van der Waals surface area contributed by atoms with E-state index in [4.69, 9.17) is 4.74 Å². The second kappa shape index (κ2) is 7.99. The summed E-state index contributed by atoms with van der Waals surface area (Å²) in [6.07, 6.45) is 1.89. The Morgan fingerprint density at radius 3 is 2.24 bits per heavy atom. The normalized spacial score (nSPS) is 11.0. The van der Waals surface area contributed by atoms with Gasteiger partial charge in [0.05, 0.1) is 11.6 Å². The lowest BCUT2D eigenvalue weighted by Gasteiger charge is -2.06. The van der Waals surface area contributed by atoms with Crippen molar-refractivity contribution in [2.24, 2.45) is 0 Å². The van der Waals surface area contributed by atoms with Gasteiger partial charge in [-0.1, -0.05) is 72.3 Å². The van der Waals surface area contributed by atoms with E-state index in [-0.39, 0.29) is 0 Å². The van der Waals surface area contributed by atoms with Gasteiger partial charge < -0.3 is 4.74 Å². The molecule has 0 fully saturated rings. The molecule has 0 aliphatic heterocycles. The highest BCUT2D eigenvalue weighted by Crippen LogP contribution is 2.20. The molecule has 0 amide bonds. The van der Waals surface area contributed by atoms with Gasteiger partial charge in [0, 0.05) is 0 Å². The summed E-state index contributed by atoms with van der Waals surface area (Å²) in [6.45, 7) is 2.58. The van der Waals surface area contributed by atoms with Gasteiger partial charge in [0.2, 0.25) is 0 Å². The van der Waals surface area contributed by atoms with E-state index >= 15 is 0 Å². The fourth-order valence-electron chi connectivity index (χ4n) is 2.48. The van der Waals surface area contributed by atoms with Crippen LogP contribution in [0.25, 0.3) is 11.6 Å². The van der Waals surface area contributed by atoms with E-state index in [9.17, 15) is 5.26 Å². The van der Waals surface area contributed by atoms with Gasteiger partial charge in [0.15, 0.2) is 0 Å². The molecule has 0 aromatic heterocycles. The average Bonchev–Trinajstić information content (AvgIpc) is 2.67. The molecule has 0 N–H and O–H groups in total. The Hall–Kier alpha value is -3.31. The molecule has 0 unspecified atom stereocenters. The lowest BCUT2D eigenvalue weighted by Crippen LogP contribution is -1.94. The van der Waals surface area contributed by atoms with Crippen molar-refractivity contribution in [3.05, 3.63) is 101 Å². The first-order valence-corrected chi connectivity index (χ1v) is 8.20. The Morgan fingerprint density at radius 1 is 0.920 bits per heavy atom. The summed E-state index contributed by atoms with van der Waals surface area (Å²) in [6, 6.07) is 28.1. The Bertz CT molecular complexity index is 886. The van der Waals surface area contributed by atoms with Crippen molar-refractivity contribution < 1.29 is 4.74 Å². The highest BCUT2D eigenvalue weighted by atomic mass is 16.5. The number of nitriles is 1. The van der Waals surface area contributed by atoms with E-state index in [0.29, 0.717) is 12.2 Å². The van der Waals surface area contributed by atoms with Crippen LogP contribution < -0.4 is 4.74 Å². The molecule has 0 bridgehead atoms. The van der Waals surface area contributed by atoms with Crippen LogP contribution in [0.4, 0.5) is 0 Å². The van der Waals surface area contributed by atoms with Gasteiger partial charge in [0.25, 0.3) is 0 Å². The van der Waals surface area contributed by atoms with E-state index in [0.717, 1.165) is 22.4 Å². The quantitative estimate of drug-likeness (QED) is 0.449. The summed E-state index contributed by atoms with van der Waals surface area (Å²) >= 11 is 0. The van der Waals surface area contributed by atoms with E-state index in [2.05, 4.69) is 6.07 Å². The van der Waals surface area contributed by atoms with E-state index in [1.807, 2.05) is 91.9 Å². The third-order valence-electron chi connectivity index (χ3n) is 3.92. The van der Waals surface area contributed by atoms with E-state index in [1.165, 1.54) is 5.56 Å². The zero-order valence-corrected chi connectivity index (χ0v) is 14.1. The number of benzene rings is 3. The summed E-state index contributed by atoms with van der Waals surface area (Å²) < 4.78 is 5.79. The van der Waals surface area contributed by atoms with Crippen LogP contribution in [-0.2, 0) is 6.61 Å². The Morgan fingerprint density at radius 2 is 1.60 bits per heavy atom. The molecule has 3 aromatic rings. The Labute approximate surface area is 148 Å². The van der Waals surface area contributed by atoms with Gasteiger partial charge in [-0.15, -0.1) is 0 Å². The van der Waals surface area contributed by atoms with Crippen LogP contribution in [0.1, 0.15) is 22.3 Å². The summed E-state index contributed by atoms with van der Waals surface area (Å²) in [5.41, 5.74) is 4.87. The van der Waals surface area contributed by atoms with Crippen LogP contribution in [0.15, 0.2) is 78.9 Å². The van der Waals surface area contributed by atoms with Gasteiger partial charge in [0.1, 0.15) is 12.4 Å². The summed E-state index contributed by atoms with van der Waals surface area (Å²) in [7, 11) is 0. The lowest BCUT2D eigenvalue weighted by atomic mass is 10.0. The Kier molecular flexibility index (Phi) is 5.29. The molecule has 0 saturated carbocycles. The Balaban J connectivity index is 1.71. The predicted octanol–water partition coefficient (Wildman–Crippen LogP) is 5.64. The van der Waals surface area contributed by atoms with Crippen molar-refractivity contribution >= 4 is 11.6 Å². The second-order valence-electron chi connectivity index (χ2n) is 5.88. The number of ether oxygens (including phenoxy) is 1. The van der Waals surface area contributed by atoms with Crippen LogP contribution in [-0.4, -0.2) is 0 Å². The highest BCUT2D eigenvalue weighted by Gasteiger charge is 2.01. The highest BCUT2D eigenvalue weighted by molar-refractivity contribution is 5.89. The first kappa shape index (κ1) is 16.5. The molecule has 2 nitrogen and oxygen atoms in total. The largest absolute Gasteiger partial charge is 0.489 e. The van der Waals surface area contributed by atoms with Crippen molar-refractivity contribution in [3.63, 3.8) is 0 Å². The van der Waals surface area contributed by atoms with Gasteiger partial charge in [-0.3, -0.25) is 0 Å². The van der Waals surface area contributed by atoms with Crippen LogP contribution in [0, 0.1) is 18.3 Å². The molecular formula is C23H19NO. The lowest BCUT2D eigenvalue weighted by molar-refractivity contribution is 0.306. The predicted molar refractivity (Wildman–Crippen MR) is 102 cm³/mol. The molecule has 0 aliphatic rings. The standard InChI is InChI=1S/C23H19NO/c1-18-7-11-21(12-8-18)22(16-24)15-19-9-13-23(14-10-19)25-17-20-5-3-2-4-6-20/h2-15H,17H2,1H3/b22-15+. The molecule has 0 heterocycles. The van der Waals surface area contributed by atoms with Crippen LogP contribution in [0.2, 0.25) is 0 Å². The topological polar surface area (TPSA) is 33.0 Å². The average molecular weight is 325 g/mol. The third kappa shape index (κ3) is 4.59. The third-order valence-corrected chi connectivity index (χ3v) is 3.92. The maximum Gasteiger partial charge on any atom is 0.119 e. The minimum absolute atomic E-state index is 0.544. The van der Waals surface area contributed by atoms with Gasteiger partial charge >= 0.3 is 0 Å². The maximum absolute atomic E-state index is 9.43. The van der Waals surface area contributed by atoms with Crippen molar-refractivity contribution in [1.82, 2.24) is 0 Å². The SMILES string of the molecule is Cc1ccc(/C(C#N)=C/c2ccc(OCc3ccccc3)cc2)cc1. The molecule has 0 aliphatic carbocycles. The zero-order valence-electron chi connectivity index (χ0n) is 14.1. The minimum atomic E-state index is 0.544. The first-order valence-electron chi connectivity index (χ1n) is 8.20. The molecular weight excluding hydrogens is 306 g/mol. The summed E-state index contributed by atoms with van der Waals surface area (Å²) in [5.74, 6) is 0.815. The maximum atomic E-state index is 9.43. The second-order valence-corrected chi connectivity index (χ2v) is 5.88. The molecule has 2 heteroatoms. The monoisotopic (exact) mass is 325 g/mol. The molecule has 0 saturated heterocycles. The van der Waals surface area contributed by atoms with Crippen LogP contribution in [0.5, 0.6) is 5.75 Å². The summed E-state index contributed by atoms with van der Waals surface area (Å²) in [4.78, 5) is 0. The molecule has 0 radical (unpaired) electrons. The number of hydrogen-bond donors (Lipinski definition) is 0. The molecule has 3 rings (SSSR count). The van der Waals surface area contributed by atoms with Crippen molar-refractivity contribution in [2.75, 3.05) is 0 Å². The first-order chi connectivity index (χ1) is 12.2. The van der Waals surface area contributed by atoms with Gasteiger partial charge in [-0.05, 0) is 41.8 Å². The van der Waals surface area contributed by atoms with Gasteiger partial charge in [-0.2, -0.15) is 5.26 Å². The summed E-state index contributed by atoms with van der Waals surface area (Å²) in [5, 5.41) is 9.43. The fourth-order valence-corrected chi connectivity index (χ4v) is 2.48. The van der Waals surface area contributed by atoms with Crippen LogP contribution >= 0.6 is 0 Å². The van der Waals surface area contributed by atoms with E-state index in [1.54, 1.807) is 0 Å². The number of nitrogens with zero attached hydrogens (tertiary/aromatic N) is 1. The molecule has 0 atom stereocenters. The molecule has 3 aromatic carbocycles.